The summed E-state index contributed by atoms with van der Waals surface area (Å²) in [5, 5.41) is 0. The summed E-state index contributed by atoms with van der Waals surface area (Å²) in [6, 6.07) is 2.52. The van der Waals surface area contributed by atoms with Crippen molar-refractivity contribution in [2.75, 3.05) is 0 Å². The normalized spacial score (nSPS) is 14.8. The molecule has 1 aromatic rings. The van der Waals surface area contributed by atoms with Gasteiger partial charge in [-0.3, -0.25) is 0 Å². The Bertz CT molecular complexity index is 388. The molecule has 0 N–H and O–H groups in total. The minimum absolute atomic E-state index is 1.26. The van der Waals surface area contributed by atoms with Gasteiger partial charge in [0.2, 0.25) is 0 Å². The van der Waals surface area contributed by atoms with E-state index in [0.29, 0.717) is 0 Å². The van der Waals surface area contributed by atoms with Gasteiger partial charge in [0, 0.05) is 0 Å². The van der Waals surface area contributed by atoms with Crippen molar-refractivity contribution in [2.24, 2.45) is 0 Å². The van der Waals surface area contributed by atoms with E-state index >= 15 is 0 Å². The molecule has 1 aliphatic rings. The van der Waals surface area contributed by atoms with Gasteiger partial charge in [0.25, 0.3) is 0 Å². The molecule has 0 heteroatoms. The summed E-state index contributed by atoms with van der Waals surface area (Å²) in [5.74, 6) is 0. The highest BCUT2D eigenvalue weighted by Gasteiger charge is 2.17. The quantitative estimate of drug-likeness (QED) is 0.698. The van der Waals surface area contributed by atoms with E-state index in [1.54, 1.807) is 27.8 Å². The molecule has 1 aromatic carbocycles. The summed E-state index contributed by atoms with van der Waals surface area (Å²) in [4.78, 5) is 0. The molecule has 2 rings (SSSR count). The second-order valence-electron chi connectivity index (χ2n) is 5.48. The van der Waals surface area contributed by atoms with Crippen LogP contribution in [0.4, 0.5) is 0 Å². The summed E-state index contributed by atoms with van der Waals surface area (Å²) in [6.07, 6.45) is 10.5. The molecule has 0 unspecified atom stereocenters. The highest BCUT2D eigenvalue weighted by atomic mass is 14.2. The summed E-state index contributed by atoms with van der Waals surface area (Å²) in [7, 11) is 0. The van der Waals surface area contributed by atoms with Gasteiger partial charge in [-0.1, -0.05) is 32.8 Å². The minimum Gasteiger partial charge on any atom is -0.0651 e. The van der Waals surface area contributed by atoms with E-state index in [-0.39, 0.29) is 0 Å². The third-order valence-electron chi connectivity index (χ3n) is 4.18. The molecule has 0 aromatic heterocycles. The number of aryl methyl sites for hydroxylation is 2. The first-order valence-corrected chi connectivity index (χ1v) is 7.41. The Labute approximate surface area is 106 Å². The molecule has 0 aliphatic heterocycles. The van der Waals surface area contributed by atoms with Crippen molar-refractivity contribution in [1.82, 2.24) is 0 Å². The topological polar surface area (TPSA) is 0 Å². The third kappa shape index (κ3) is 2.56. The van der Waals surface area contributed by atoms with Crippen molar-refractivity contribution in [3.05, 3.63) is 33.9 Å². The fraction of sp³-hybridized carbons (Fsp3) is 0.647. The molecule has 1 aliphatic carbocycles. The summed E-state index contributed by atoms with van der Waals surface area (Å²) in [6.45, 7) is 6.95. The zero-order valence-electron chi connectivity index (χ0n) is 11.7. The van der Waals surface area contributed by atoms with Crippen LogP contribution in [0.15, 0.2) is 6.07 Å². The van der Waals surface area contributed by atoms with Crippen LogP contribution in [-0.2, 0) is 25.7 Å². The van der Waals surface area contributed by atoms with Crippen molar-refractivity contribution in [1.29, 1.82) is 0 Å². The molecule has 0 fully saturated rings. The Kier molecular flexibility index (Phi) is 4.25. The van der Waals surface area contributed by atoms with Crippen molar-refractivity contribution < 1.29 is 0 Å². The van der Waals surface area contributed by atoms with Crippen LogP contribution >= 0.6 is 0 Å². The van der Waals surface area contributed by atoms with E-state index in [1.165, 1.54) is 51.4 Å². The maximum absolute atomic E-state index is 2.52. The van der Waals surface area contributed by atoms with Crippen molar-refractivity contribution in [2.45, 2.75) is 72.1 Å². The van der Waals surface area contributed by atoms with E-state index in [2.05, 4.69) is 26.8 Å². The summed E-state index contributed by atoms with van der Waals surface area (Å²) >= 11 is 0. The number of rotatable bonds is 4. The lowest BCUT2D eigenvalue weighted by atomic mass is 9.82. The molecule has 94 valence electrons. The van der Waals surface area contributed by atoms with Crippen LogP contribution in [0.25, 0.3) is 0 Å². The highest BCUT2D eigenvalue weighted by Crippen LogP contribution is 2.30. The van der Waals surface area contributed by atoms with Gasteiger partial charge in [-0.05, 0) is 73.3 Å². The Morgan fingerprint density at radius 3 is 2.41 bits per heavy atom. The van der Waals surface area contributed by atoms with Gasteiger partial charge < -0.3 is 0 Å². The Morgan fingerprint density at radius 1 is 1.00 bits per heavy atom. The van der Waals surface area contributed by atoms with Crippen LogP contribution in [0.1, 0.15) is 67.3 Å². The van der Waals surface area contributed by atoms with Crippen LogP contribution in [0, 0.1) is 6.92 Å². The Balaban J connectivity index is 2.47. The van der Waals surface area contributed by atoms with Crippen LogP contribution in [0.3, 0.4) is 0 Å². The maximum Gasteiger partial charge on any atom is -0.0273 e. The molecule has 0 saturated carbocycles. The molecule has 0 atom stereocenters. The molecule has 0 amide bonds. The number of benzene rings is 1. The Hall–Kier alpha value is -0.780. The van der Waals surface area contributed by atoms with Crippen molar-refractivity contribution in [3.8, 4) is 0 Å². The zero-order valence-corrected chi connectivity index (χ0v) is 11.7. The molecular formula is C17H26. The second-order valence-corrected chi connectivity index (χ2v) is 5.48. The monoisotopic (exact) mass is 230 g/mol. The largest absolute Gasteiger partial charge is 0.0651 e. The van der Waals surface area contributed by atoms with Gasteiger partial charge in [0.05, 0.1) is 0 Å². The lowest BCUT2D eigenvalue weighted by molar-refractivity contribution is 0.672. The standard InChI is InChI=1S/C17H26/c1-4-8-14-12-15-10-6-7-11-17(15)16(9-5-2)13(14)3/h12H,4-11H2,1-3H3. The molecule has 17 heavy (non-hydrogen) atoms. The van der Waals surface area contributed by atoms with E-state index in [0.717, 1.165) is 0 Å². The van der Waals surface area contributed by atoms with E-state index in [9.17, 15) is 0 Å². The molecule has 0 radical (unpaired) electrons. The lowest BCUT2D eigenvalue weighted by Crippen LogP contribution is -2.10. The van der Waals surface area contributed by atoms with Gasteiger partial charge in [0.15, 0.2) is 0 Å². The minimum atomic E-state index is 1.26. The lowest BCUT2D eigenvalue weighted by Gasteiger charge is -2.24. The van der Waals surface area contributed by atoms with Gasteiger partial charge in [-0.2, -0.15) is 0 Å². The van der Waals surface area contributed by atoms with Crippen LogP contribution in [0.2, 0.25) is 0 Å². The number of fused-ring (bicyclic) bond motifs is 1. The van der Waals surface area contributed by atoms with Crippen molar-refractivity contribution >= 4 is 0 Å². The third-order valence-corrected chi connectivity index (χ3v) is 4.18. The Morgan fingerprint density at radius 2 is 1.71 bits per heavy atom. The number of hydrogen-bond acceptors (Lipinski definition) is 0. The predicted molar refractivity (Wildman–Crippen MR) is 75.8 cm³/mol. The zero-order chi connectivity index (χ0) is 12.3. The van der Waals surface area contributed by atoms with Gasteiger partial charge in [0.1, 0.15) is 0 Å². The summed E-state index contributed by atoms with van der Waals surface area (Å²) in [5.41, 5.74) is 8.32. The van der Waals surface area contributed by atoms with E-state index < -0.39 is 0 Å². The van der Waals surface area contributed by atoms with Gasteiger partial charge >= 0.3 is 0 Å². The van der Waals surface area contributed by atoms with E-state index in [4.69, 9.17) is 0 Å². The van der Waals surface area contributed by atoms with E-state index in [1.807, 2.05) is 0 Å². The van der Waals surface area contributed by atoms with Crippen LogP contribution < -0.4 is 0 Å². The molecule has 0 spiro atoms. The predicted octanol–water partition coefficient (Wildman–Crippen LogP) is 4.78. The summed E-state index contributed by atoms with van der Waals surface area (Å²) < 4.78 is 0. The molecule has 0 heterocycles. The van der Waals surface area contributed by atoms with Crippen LogP contribution in [0.5, 0.6) is 0 Å². The van der Waals surface area contributed by atoms with Crippen molar-refractivity contribution in [3.63, 3.8) is 0 Å². The first-order chi connectivity index (χ1) is 8.27. The average Bonchev–Trinajstić information content (AvgIpc) is 2.35. The average molecular weight is 230 g/mol. The second kappa shape index (κ2) is 5.71. The van der Waals surface area contributed by atoms with Gasteiger partial charge in [-0.15, -0.1) is 0 Å². The number of hydrogen-bond donors (Lipinski definition) is 0. The molecule has 0 saturated heterocycles. The fourth-order valence-electron chi connectivity index (χ4n) is 3.29. The molecule has 0 nitrogen and oxygen atoms in total. The van der Waals surface area contributed by atoms with Gasteiger partial charge in [-0.25, -0.2) is 0 Å². The smallest absolute Gasteiger partial charge is 0.0273 e. The highest BCUT2D eigenvalue weighted by molar-refractivity contribution is 5.47. The molecular weight excluding hydrogens is 204 g/mol. The molecule has 0 bridgehead atoms. The first kappa shape index (κ1) is 12.7. The SMILES string of the molecule is CCCc1cc2c(c(CCC)c1C)CCCC2. The van der Waals surface area contributed by atoms with Crippen LogP contribution in [-0.4, -0.2) is 0 Å². The first-order valence-electron chi connectivity index (χ1n) is 7.41. The fourth-order valence-corrected chi connectivity index (χ4v) is 3.29. The maximum atomic E-state index is 2.52.